The van der Waals surface area contributed by atoms with Gasteiger partial charge in [-0.05, 0) is 24.3 Å². The van der Waals surface area contributed by atoms with Crippen LogP contribution < -0.4 is 0 Å². The van der Waals surface area contributed by atoms with Crippen LogP contribution in [0, 0.1) is 5.82 Å². The van der Waals surface area contributed by atoms with Crippen LogP contribution in [0.25, 0.3) is 20.9 Å². The maximum atomic E-state index is 12.9. The zero-order chi connectivity index (χ0) is 11.8. The molecule has 0 radical (unpaired) electrons. The Bertz CT molecular complexity index is 663. The Labute approximate surface area is 100 Å². The summed E-state index contributed by atoms with van der Waals surface area (Å²) in [5.74, 6) is -0.574. The van der Waals surface area contributed by atoms with Gasteiger partial charge in [-0.1, -0.05) is 11.3 Å². The van der Waals surface area contributed by atoms with Crippen LogP contribution in [0.5, 0.6) is 5.75 Å². The molecule has 3 aromatic rings. The fourth-order valence-corrected chi connectivity index (χ4v) is 2.51. The van der Waals surface area contributed by atoms with Gasteiger partial charge in [0, 0.05) is 12.3 Å². The number of fused-ring (bicyclic) bond motifs is 1. The molecule has 3 rings (SSSR count). The van der Waals surface area contributed by atoms with E-state index in [4.69, 9.17) is 0 Å². The van der Waals surface area contributed by atoms with Crippen molar-refractivity contribution in [2.45, 2.75) is 0 Å². The van der Waals surface area contributed by atoms with Crippen molar-refractivity contribution < 1.29 is 9.50 Å². The average molecular weight is 246 g/mol. The summed E-state index contributed by atoms with van der Waals surface area (Å²) < 4.78 is 12.9. The minimum Gasteiger partial charge on any atom is -0.507 e. The summed E-state index contributed by atoms with van der Waals surface area (Å²) in [5.41, 5.74) is 1.30. The molecule has 0 aliphatic rings. The quantitative estimate of drug-likeness (QED) is 0.717. The number of thiazole rings is 1. The van der Waals surface area contributed by atoms with Gasteiger partial charge in [0.15, 0.2) is 0 Å². The van der Waals surface area contributed by atoms with Gasteiger partial charge < -0.3 is 5.11 Å². The highest BCUT2D eigenvalue weighted by molar-refractivity contribution is 7.21. The van der Waals surface area contributed by atoms with Crippen molar-refractivity contribution in [1.82, 2.24) is 9.97 Å². The zero-order valence-corrected chi connectivity index (χ0v) is 9.41. The van der Waals surface area contributed by atoms with E-state index in [0.717, 1.165) is 16.4 Å². The van der Waals surface area contributed by atoms with Crippen molar-refractivity contribution in [1.29, 1.82) is 0 Å². The molecule has 0 bridgehead atoms. The third kappa shape index (κ3) is 1.74. The molecule has 5 heteroatoms. The molecule has 0 saturated carbocycles. The van der Waals surface area contributed by atoms with E-state index in [9.17, 15) is 9.50 Å². The Morgan fingerprint density at radius 2 is 2.12 bits per heavy atom. The van der Waals surface area contributed by atoms with E-state index in [1.54, 1.807) is 12.3 Å². The largest absolute Gasteiger partial charge is 0.507 e. The minimum absolute atomic E-state index is 0.107. The summed E-state index contributed by atoms with van der Waals surface area (Å²) in [6.45, 7) is 0. The normalized spacial score (nSPS) is 10.9. The van der Waals surface area contributed by atoms with Gasteiger partial charge in [-0.2, -0.15) is 0 Å². The molecular weight excluding hydrogens is 239 g/mol. The number of phenolic OH excluding ortho intramolecular Hbond substituents is 1. The first-order valence-electron chi connectivity index (χ1n) is 4.94. The molecule has 0 aliphatic heterocycles. The van der Waals surface area contributed by atoms with Gasteiger partial charge in [0.1, 0.15) is 26.9 Å². The van der Waals surface area contributed by atoms with Gasteiger partial charge >= 0.3 is 0 Å². The Balaban J connectivity index is 2.20. The minimum atomic E-state index is -0.467. The Morgan fingerprint density at radius 3 is 2.88 bits per heavy atom. The molecule has 3 nitrogen and oxygen atoms in total. The van der Waals surface area contributed by atoms with Crippen molar-refractivity contribution in [2.75, 3.05) is 0 Å². The van der Waals surface area contributed by atoms with Crippen molar-refractivity contribution in [2.24, 2.45) is 0 Å². The lowest BCUT2D eigenvalue weighted by molar-refractivity contribution is 0.471. The van der Waals surface area contributed by atoms with Crippen LogP contribution in [0.15, 0.2) is 36.5 Å². The summed E-state index contributed by atoms with van der Waals surface area (Å²) in [5, 5.41) is 10.3. The smallest absolute Gasteiger partial charge is 0.143 e. The second-order valence-corrected chi connectivity index (χ2v) is 4.49. The van der Waals surface area contributed by atoms with E-state index in [-0.39, 0.29) is 5.75 Å². The number of benzene rings is 1. The first-order valence-corrected chi connectivity index (χ1v) is 5.76. The predicted octanol–water partition coefficient (Wildman–Crippen LogP) is 3.20. The summed E-state index contributed by atoms with van der Waals surface area (Å²) >= 11 is 1.37. The topological polar surface area (TPSA) is 46.0 Å². The van der Waals surface area contributed by atoms with Gasteiger partial charge in [0.2, 0.25) is 0 Å². The van der Waals surface area contributed by atoms with Gasteiger partial charge in [-0.3, -0.25) is 0 Å². The van der Waals surface area contributed by atoms with Crippen LogP contribution in [0.1, 0.15) is 0 Å². The molecule has 0 aliphatic carbocycles. The second kappa shape index (κ2) is 3.78. The number of aromatic hydroxyl groups is 1. The van der Waals surface area contributed by atoms with E-state index in [1.165, 1.54) is 23.5 Å². The van der Waals surface area contributed by atoms with Crippen LogP contribution >= 0.6 is 11.3 Å². The van der Waals surface area contributed by atoms with E-state index < -0.39 is 5.82 Å². The molecule has 1 N–H and O–H groups in total. The molecule has 2 aromatic heterocycles. The number of rotatable bonds is 1. The van der Waals surface area contributed by atoms with Crippen LogP contribution in [-0.2, 0) is 0 Å². The lowest BCUT2D eigenvalue weighted by atomic mass is 10.2. The third-order valence-electron chi connectivity index (χ3n) is 2.36. The summed E-state index contributed by atoms with van der Waals surface area (Å²) in [7, 11) is 0. The zero-order valence-electron chi connectivity index (χ0n) is 8.59. The molecule has 17 heavy (non-hydrogen) atoms. The highest BCUT2D eigenvalue weighted by atomic mass is 32.1. The predicted molar refractivity (Wildman–Crippen MR) is 64.5 cm³/mol. The SMILES string of the molecule is Oc1cc(F)ccc1-c1nc2cccnc2s1. The lowest BCUT2D eigenvalue weighted by Gasteiger charge is -1.99. The maximum absolute atomic E-state index is 12.9. The number of aromatic nitrogens is 2. The Morgan fingerprint density at radius 1 is 1.24 bits per heavy atom. The van der Waals surface area contributed by atoms with E-state index >= 15 is 0 Å². The highest BCUT2D eigenvalue weighted by Gasteiger charge is 2.11. The maximum Gasteiger partial charge on any atom is 0.143 e. The van der Waals surface area contributed by atoms with Gasteiger partial charge in [-0.15, -0.1) is 0 Å². The molecule has 0 unspecified atom stereocenters. The van der Waals surface area contributed by atoms with Crippen molar-refractivity contribution in [3.05, 3.63) is 42.3 Å². The van der Waals surface area contributed by atoms with Crippen molar-refractivity contribution >= 4 is 21.7 Å². The second-order valence-electron chi connectivity index (χ2n) is 3.51. The third-order valence-corrected chi connectivity index (χ3v) is 3.37. The van der Waals surface area contributed by atoms with Crippen LogP contribution in [0.2, 0.25) is 0 Å². The molecule has 0 atom stereocenters. The summed E-state index contributed by atoms with van der Waals surface area (Å²) in [6.07, 6.45) is 1.69. The number of hydrogen-bond donors (Lipinski definition) is 1. The molecule has 0 fully saturated rings. The average Bonchev–Trinajstić information content (AvgIpc) is 2.72. The van der Waals surface area contributed by atoms with E-state index in [2.05, 4.69) is 9.97 Å². The fourth-order valence-electron chi connectivity index (χ4n) is 1.57. The van der Waals surface area contributed by atoms with Crippen LogP contribution in [-0.4, -0.2) is 15.1 Å². The molecule has 0 saturated heterocycles. The molecule has 1 aromatic carbocycles. The first-order chi connectivity index (χ1) is 8.24. The monoisotopic (exact) mass is 246 g/mol. The molecule has 84 valence electrons. The number of phenols is 1. The molecule has 2 heterocycles. The molecule has 0 amide bonds. The number of halogens is 1. The number of pyridine rings is 1. The fraction of sp³-hybridized carbons (Fsp3) is 0. The number of nitrogens with zero attached hydrogens (tertiary/aromatic N) is 2. The molecular formula is C12H7FN2OS. The Hall–Kier alpha value is -2.01. The summed E-state index contributed by atoms with van der Waals surface area (Å²) in [4.78, 5) is 9.32. The lowest BCUT2D eigenvalue weighted by Crippen LogP contribution is -1.79. The Kier molecular flexibility index (Phi) is 2.26. The van der Waals surface area contributed by atoms with E-state index in [0.29, 0.717) is 10.6 Å². The first kappa shape index (κ1) is 10.2. The highest BCUT2D eigenvalue weighted by Crippen LogP contribution is 2.34. The molecule has 0 spiro atoms. The van der Waals surface area contributed by atoms with Gasteiger partial charge in [-0.25, -0.2) is 14.4 Å². The van der Waals surface area contributed by atoms with Crippen molar-refractivity contribution in [3.8, 4) is 16.3 Å². The van der Waals surface area contributed by atoms with Crippen molar-refractivity contribution in [3.63, 3.8) is 0 Å². The number of hydrogen-bond acceptors (Lipinski definition) is 4. The van der Waals surface area contributed by atoms with Crippen LogP contribution in [0.3, 0.4) is 0 Å². The standard InChI is InChI=1S/C12H7FN2OS/c13-7-3-4-8(10(16)6-7)11-15-9-2-1-5-14-12(9)17-11/h1-6,16H. The van der Waals surface area contributed by atoms with Gasteiger partial charge in [0.25, 0.3) is 0 Å². The van der Waals surface area contributed by atoms with E-state index in [1.807, 2.05) is 6.07 Å². The summed E-state index contributed by atoms with van der Waals surface area (Å²) in [6, 6.07) is 7.55. The van der Waals surface area contributed by atoms with Gasteiger partial charge in [0.05, 0.1) is 5.56 Å². The van der Waals surface area contributed by atoms with Crippen LogP contribution in [0.4, 0.5) is 4.39 Å².